The Kier molecular flexibility index (Phi) is 5.17. The van der Waals surface area contributed by atoms with Crippen LogP contribution in [-0.4, -0.2) is 24.3 Å². The van der Waals surface area contributed by atoms with Gasteiger partial charge in [0.1, 0.15) is 5.58 Å². The average molecular weight is 401 g/mol. The molecular weight excluding hydrogens is 382 g/mol. The molecule has 0 aliphatic rings. The number of hydrogen-bond donors (Lipinski definition) is 3. The predicted molar refractivity (Wildman–Crippen MR) is 114 cm³/mol. The van der Waals surface area contributed by atoms with Crippen LogP contribution in [0.2, 0.25) is 0 Å². The van der Waals surface area contributed by atoms with Gasteiger partial charge in [0.05, 0.1) is 19.2 Å². The molecule has 0 unspecified atom stereocenters. The predicted octanol–water partition coefficient (Wildman–Crippen LogP) is 2.98. The second kappa shape index (κ2) is 8.08. The van der Waals surface area contributed by atoms with Crippen LogP contribution in [0.4, 0.5) is 5.69 Å². The Labute approximate surface area is 171 Å². The lowest BCUT2D eigenvalue weighted by Crippen LogP contribution is -2.33. The molecule has 3 aromatic carbocycles. The van der Waals surface area contributed by atoms with Crippen molar-refractivity contribution >= 4 is 45.2 Å². The van der Waals surface area contributed by atoms with E-state index >= 15 is 0 Å². The number of hydrogen-bond acceptors (Lipinski definition) is 4. The molecule has 0 aliphatic carbocycles. The molecule has 3 amide bonds. The first kappa shape index (κ1) is 19.2. The zero-order valence-electron chi connectivity index (χ0n) is 16.0. The van der Waals surface area contributed by atoms with E-state index in [0.717, 1.165) is 27.3 Å². The number of rotatable bonds is 6. The monoisotopic (exact) mass is 401 g/mol. The lowest BCUT2D eigenvalue weighted by atomic mass is 10.0. The van der Waals surface area contributed by atoms with Gasteiger partial charge in [0.15, 0.2) is 0 Å². The van der Waals surface area contributed by atoms with Crippen molar-refractivity contribution in [3.63, 3.8) is 0 Å². The molecule has 7 heteroatoms. The maximum Gasteiger partial charge on any atom is 0.251 e. The van der Waals surface area contributed by atoms with Crippen molar-refractivity contribution in [3.8, 4) is 0 Å². The van der Waals surface area contributed by atoms with Gasteiger partial charge in [0.25, 0.3) is 5.91 Å². The van der Waals surface area contributed by atoms with Gasteiger partial charge in [0, 0.05) is 22.2 Å². The summed E-state index contributed by atoms with van der Waals surface area (Å²) in [6, 6.07) is 18.2. The summed E-state index contributed by atoms with van der Waals surface area (Å²) in [5, 5.41) is 8.29. The largest absolute Gasteiger partial charge is 0.464 e. The summed E-state index contributed by atoms with van der Waals surface area (Å²) in [5.41, 5.74) is 7.48. The van der Waals surface area contributed by atoms with Gasteiger partial charge in [-0.2, -0.15) is 0 Å². The highest BCUT2D eigenvalue weighted by molar-refractivity contribution is 6.09. The summed E-state index contributed by atoms with van der Waals surface area (Å²) >= 11 is 0. The van der Waals surface area contributed by atoms with Crippen LogP contribution in [0.25, 0.3) is 21.7 Å². The SMILES string of the molecule is NC(=O)CNC(=O)c1ccc(NC(=O)Cc2coc3ccc4ccccc4c23)cc1. The highest BCUT2D eigenvalue weighted by atomic mass is 16.3. The van der Waals surface area contributed by atoms with Crippen molar-refractivity contribution in [1.29, 1.82) is 0 Å². The van der Waals surface area contributed by atoms with Crippen LogP contribution in [0, 0.1) is 0 Å². The van der Waals surface area contributed by atoms with Crippen molar-refractivity contribution in [1.82, 2.24) is 5.32 Å². The first-order chi connectivity index (χ1) is 14.5. The third-order valence-corrected chi connectivity index (χ3v) is 4.75. The van der Waals surface area contributed by atoms with E-state index < -0.39 is 11.8 Å². The van der Waals surface area contributed by atoms with E-state index in [9.17, 15) is 14.4 Å². The molecule has 30 heavy (non-hydrogen) atoms. The van der Waals surface area contributed by atoms with Crippen LogP contribution < -0.4 is 16.4 Å². The number of primary amides is 1. The van der Waals surface area contributed by atoms with Crippen LogP contribution >= 0.6 is 0 Å². The van der Waals surface area contributed by atoms with Crippen LogP contribution in [0.3, 0.4) is 0 Å². The second-order valence-electron chi connectivity index (χ2n) is 6.87. The van der Waals surface area contributed by atoms with Gasteiger partial charge in [-0.05, 0) is 41.1 Å². The summed E-state index contributed by atoms with van der Waals surface area (Å²) in [4.78, 5) is 35.2. The maximum atomic E-state index is 12.6. The van der Waals surface area contributed by atoms with Crippen molar-refractivity contribution in [2.24, 2.45) is 5.73 Å². The number of anilines is 1. The smallest absolute Gasteiger partial charge is 0.251 e. The number of carbonyl (C=O) groups is 3. The summed E-state index contributed by atoms with van der Waals surface area (Å²) in [6.45, 7) is -0.231. The maximum absolute atomic E-state index is 12.6. The molecule has 4 aromatic rings. The topological polar surface area (TPSA) is 114 Å². The minimum Gasteiger partial charge on any atom is -0.464 e. The molecule has 4 rings (SSSR count). The first-order valence-corrected chi connectivity index (χ1v) is 9.35. The Hall–Kier alpha value is -4.13. The molecule has 7 nitrogen and oxygen atoms in total. The minimum atomic E-state index is -0.619. The molecule has 0 aliphatic heterocycles. The molecule has 1 heterocycles. The summed E-state index contributed by atoms with van der Waals surface area (Å²) in [7, 11) is 0. The Morgan fingerprint density at radius 1 is 0.933 bits per heavy atom. The van der Waals surface area contributed by atoms with Gasteiger partial charge in [-0.1, -0.05) is 30.3 Å². The molecular formula is C23H19N3O4. The number of nitrogens with one attached hydrogen (secondary N) is 2. The third kappa shape index (κ3) is 4.00. The highest BCUT2D eigenvalue weighted by Crippen LogP contribution is 2.30. The molecule has 150 valence electrons. The molecule has 0 saturated heterocycles. The highest BCUT2D eigenvalue weighted by Gasteiger charge is 2.14. The fourth-order valence-electron chi connectivity index (χ4n) is 3.36. The quantitative estimate of drug-likeness (QED) is 0.461. The van der Waals surface area contributed by atoms with E-state index in [0.29, 0.717) is 11.3 Å². The summed E-state index contributed by atoms with van der Waals surface area (Å²) in [5.74, 6) is -1.23. The summed E-state index contributed by atoms with van der Waals surface area (Å²) < 4.78 is 5.63. The fourth-order valence-corrected chi connectivity index (χ4v) is 3.36. The van der Waals surface area contributed by atoms with Crippen LogP contribution in [0.15, 0.2) is 71.3 Å². The number of amides is 3. The van der Waals surface area contributed by atoms with E-state index in [2.05, 4.69) is 10.6 Å². The van der Waals surface area contributed by atoms with Crippen molar-refractivity contribution in [2.45, 2.75) is 6.42 Å². The van der Waals surface area contributed by atoms with Gasteiger partial charge in [0.2, 0.25) is 11.8 Å². The summed E-state index contributed by atoms with van der Waals surface area (Å²) in [6.07, 6.45) is 1.77. The Bertz CT molecular complexity index is 1260. The number of fused-ring (bicyclic) bond motifs is 3. The van der Waals surface area contributed by atoms with Crippen molar-refractivity contribution in [3.05, 3.63) is 78.1 Å². The van der Waals surface area contributed by atoms with E-state index in [1.807, 2.05) is 36.4 Å². The van der Waals surface area contributed by atoms with Gasteiger partial charge in [-0.15, -0.1) is 0 Å². The van der Waals surface area contributed by atoms with E-state index in [4.69, 9.17) is 10.2 Å². The molecule has 0 saturated carbocycles. The van der Waals surface area contributed by atoms with Gasteiger partial charge < -0.3 is 20.8 Å². The Morgan fingerprint density at radius 3 is 2.47 bits per heavy atom. The number of nitrogens with two attached hydrogens (primary N) is 1. The standard InChI is InChI=1S/C23H19N3O4/c24-20(27)12-25-23(29)15-5-8-17(9-6-15)26-21(28)11-16-13-30-19-10-7-14-3-1-2-4-18(14)22(16)19/h1-10,13H,11-12H2,(H2,24,27)(H,25,29)(H,26,28). The molecule has 0 fully saturated rings. The number of benzene rings is 3. The van der Waals surface area contributed by atoms with E-state index in [1.165, 1.54) is 0 Å². The molecule has 1 aromatic heterocycles. The van der Waals surface area contributed by atoms with Crippen LogP contribution in [-0.2, 0) is 16.0 Å². The Morgan fingerprint density at radius 2 is 1.70 bits per heavy atom. The minimum absolute atomic E-state index is 0.155. The molecule has 0 spiro atoms. The van der Waals surface area contributed by atoms with Gasteiger partial charge in [-0.25, -0.2) is 0 Å². The molecule has 0 bridgehead atoms. The lowest BCUT2D eigenvalue weighted by Gasteiger charge is -2.07. The average Bonchev–Trinajstić information content (AvgIpc) is 3.15. The zero-order valence-corrected chi connectivity index (χ0v) is 16.0. The first-order valence-electron chi connectivity index (χ1n) is 9.35. The van der Waals surface area contributed by atoms with Crippen LogP contribution in [0.1, 0.15) is 15.9 Å². The molecule has 4 N–H and O–H groups in total. The molecule has 0 radical (unpaired) electrons. The number of furan rings is 1. The zero-order chi connectivity index (χ0) is 21.1. The number of carbonyl (C=O) groups excluding carboxylic acids is 3. The van der Waals surface area contributed by atoms with E-state index in [1.54, 1.807) is 30.5 Å². The second-order valence-corrected chi connectivity index (χ2v) is 6.87. The lowest BCUT2D eigenvalue weighted by molar-refractivity contribution is -0.117. The van der Waals surface area contributed by atoms with Crippen molar-refractivity contribution in [2.75, 3.05) is 11.9 Å². The molecule has 0 atom stereocenters. The van der Waals surface area contributed by atoms with Gasteiger partial charge in [-0.3, -0.25) is 14.4 Å². The fraction of sp³-hybridized carbons (Fsp3) is 0.0870. The van der Waals surface area contributed by atoms with Crippen LogP contribution in [0.5, 0.6) is 0 Å². The normalized spacial score (nSPS) is 10.8. The third-order valence-electron chi connectivity index (χ3n) is 4.75. The Balaban J connectivity index is 1.47. The van der Waals surface area contributed by atoms with Gasteiger partial charge >= 0.3 is 0 Å². The van der Waals surface area contributed by atoms with Crippen molar-refractivity contribution < 1.29 is 18.8 Å². The van der Waals surface area contributed by atoms with E-state index in [-0.39, 0.29) is 18.9 Å².